The van der Waals surface area contributed by atoms with Crippen molar-refractivity contribution >= 4 is 35.3 Å². The zero-order valence-corrected chi connectivity index (χ0v) is 15.3. The van der Waals surface area contributed by atoms with Crippen LogP contribution in [-0.2, 0) is 0 Å². The highest BCUT2D eigenvalue weighted by atomic mass is 15.3. The van der Waals surface area contributed by atoms with Crippen LogP contribution in [0.2, 0.25) is 0 Å². The summed E-state index contributed by atoms with van der Waals surface area (Å²) in [5.41, 5.74) is 9.02. The maximum atomic E-state index is 6.40. The van der Waals surface area contributed by atoms with Crippen molar-refractivity contribution in [1.29, 1.82) is 0 Å². The Morgan fingerprint density at radius 2 is 1.89 bits per heavy atom. The summed E-state index contributed by atoms with van der Waals surface area (Å²) >= 11 is 0. The van der Waals surface area contributed by atoms with E-state index in [1.165, 1.54) is 0 Å². The molecule has 1 aliphatic rings. The van der Waals surface area contributed by atoms with Crippen LogP contribution in [0.3, 0.4) is 0 Å². The van der Waals surface area contributed by atoms with Crippen molar-refractivity contribution < 1.29 is 0 Å². The van der Waals surface area contributed by atoms with Gasteiger partial charge in [-0.25, -0.2) is 9.97 Å². The molecule has 0 spiro atoms. The van der Waals surface area contributed by atoms with E-state index in [0.717, 1.165) is 43.0 Å². The van der Waals surface area contributed by atoms with Crippen molar-refractivity contribution in [2.24, 2.45) is 0 Å². The molecular weight excluding hydrogens is 338 g/mol. The van der Waals surface area contributed by atoms with Gasteiger partial charge in [-0.15, -0.1) is 0 Å². The third kappa shape index (κ3) is 3.92. The Morgan fingerprint density at radius 1 is 1.11 bits per heavy atom. The average molecular weight is 361 g/mol. The Morgan fingerprint density at radius 3 is 2.59 bits per heavy atom. The van der Waals surface area contributed by atoms with E-state index < -0.39 is 0 Å². The lowest BCUT2D eigenvalue weighted by molar-refractivity contribution is 0.927. The van der Waals surface area contributed by atoms with Crippen LogP contribution in [0.5, 0.6) is 0 Å². The number of hydrogen-bond acceptors (Lipinski definition) is 6. The first kappa shape index (κ1) is 17.1. The van der Waals surface area contributed by atoms with E-state index in [-0.39, 0.29) is 0 Å². The normalized spacial score (nSPS) is 14.2. The Hall–Kier alpha value is -3.35. The Labute approximate surface area is 158 Å². The topological polar surface area (TPSA) is 95.8 Å². The van der Waals surface area contributed by atoms with Crippen LogP contribution in [-0.4, -0.2) is 33.3 Å². The molecule has 1 aliphatic heterocycles. The Kier molecular flexibility index (Phi) is 4.74. The van der Waals surface area contributed by atoms with Crippen molar-refractivity contribution in [1.82, 2.24) is 20.2 Å². The van der Waals surface area contributed by atoms with Gasteiger partial charge < -0.3 is 16.0 Å². The monoisotopic (exact) mass is 361 g/mol. The van der Waals surface area contributed by atoms with Gasteiger partial charge in [0, 0.05) is 24.8 Å². The molecule has 4 rings (SSSR count). The molecule has 0 unspecified atom stereocenters. The first-order valence-corrected chi connectivity index (χ1v) is 9.14. The number of benzene rings is 1. The van der Waals surface area contributed by atoms with Crippen molar-refractivity contribution in [3.63, 3.8) is 0 Å². The minimum absolute atomic E-state index is 0.550. The molecule has 2 aromatic heterocycles. The van der Waals surface area contributed by atoms with Gasteiger partial charge in [0.25, 0.3) is 0 Å². The summed E-state index contributed by atoms with van der Waals surface area (Å²) in [4.78, 5) is 11.5. The zero-order chi connectivity index (χ0) is 18.6. The SMILES string of the molecule is Cc1cc(Nc2nc(/C=C/c3ccccc3)nc(N3CCCC3)c2N)n[nH]1. The van der Waals surface area contributed by atoms with Gasteiger partial charge in [0.1, 0.15) is 5.69 Å². The van der Waals surface area contributed by atoms with Crippen LogP contribution in [0, 0.1) is 6.92 Å². The van der Waals surface area contributed by atoms with Crippen LogP contribution in [0.4, 0.5) is 23.1 Å². The van der Waals surface area contributed by atoms with Gasteiger partial charge in [0.05, 0.1) is 0 Å². The number of aryl methyl sites for hydroxylation is 1. The third-order valence-electron chi connectivity index (χ3n) is 4.53. The maximum absolute atomic E-state index is 6.40. The molecule has 3 heterocycles. The molecule has 138 valence electrons. The zero-order valence-electron chi connectivity index (χ0n) is 15.3. The maximum Gasteiger partial charge on any atom is 0.161 e. The number of nitrogens with zero attached hydrogens (tertiary/aromatic N) is 4. The fourth-order valence-corrected chi connectivity index (χ4v) is 3.15. The molecule has 1 fully saturated rings. The van der Waals surface area contributed by atoms with E-state index in [9.17, 15) is 0 Å². The lowest BCUT2D eigenvalue weighted by Gasteiger charge is -2.20. The van der Waals surface area contributed by atoms with E-state index in [1.807, 2.05) is 55.5 Å². The van der Waals surface area contributed by atoms with Crippen LogP contribution in [0.1, 0.15) is 29.9 Å². The van der Waals surface area contributed by atoms with Crippen LogP contribution < -0.4 is 16.0 Å². The molecule has 1 saturated heterocycles. The van der Waals surface area contributed by atoms with Gasteiger partial charge in [0.15, 0.2) is 23.3 Å². The van der Waals surface area contributed by atoms with Crippen molar-refractivity contribution in [3.8, 4) is 0 Å². The number of aromatic nitrogens is 4. The molecule has 7 nitrogen and oxygen atoms in total. The van der Waals surface area contributed by atoms with Crippen molar-refractivity contribution in [2.45, 2.75) is 19.8 Å². The molecule has 7 heteroatoms. The van der Waals surface area contributed by atoms with Crippen molar-refractivity contribution in [3.05, 3.63) is 53.5 Å². The molecule has 0 saturated carbocycles. The van der Waals surface area contributed by atoms with Gasteiger partial charge in [-0.05, 0) is 31.4 Å². The summed E-state index contributed by atoms with van der Waals surface area (Å²) < 4.78 is 0. The molecule has 0 bridgehead atoms. The minimum atomic E-state index is 0.550. The van der Waals surface area contributed by atoms with Gasteiger partial charge in [-0.3, -0.25) is 5.10 Å². The second kappa shape index (κ2) is 7.49. The summed E-state index contributed by atoms with van der Waals surface area (Å²) in [7, 11) is 0. The third-order valence-corrected chi connectivity index (χ3v) is 4.53. The summed E-state index contributed by atoms with van der Waals surface area (Å²) in [6.07, 6.45) is 6.22. The van der Waals surface area contributed by atoms with Gasteiger partial charge in [0.2, 0.25) is 0 Å². The molecular formula is C20H23N7. The highest BCUT2D eigenvalue weighted by molar-refractivity contribution is 5.80. The largest absolute Gasteiger partial charge is 0.393 e. The fraction of sp³-hybridized carbons (Fsp3) is 0.250. The van der Waals surface area contributed by atoms with Crippen molar-refractivity contribution in [2.75, 3.05) is 29.0 Å². The molecule has 27 heavy (non-hydrogen) atoms. The van der Waals surface area contributed by atoms with Crippen LogP contribution >= 0.6 is 0 Å². The number of nitrogens with one attached hydrogen (secondary N) is 2. The predicted molar refractivity (Wildman–Crippen MR) is 110 cm³/mol. The first-order valence-electron chi connectivity index (χ1n) is 9.14. The first-order chi connectivity index (χ1) is 13.2. The average Bonchev–Trinajstić information content (AvgIpc) is 3.35. The number of nitrogen functional groups attached to an aromatic ring is 1. The molecule has 0 radical (unpaired) electrons. The lowest BCUT2D eigenvalue weighted by Crippen LogP contribution is -2.22. The molecule has 1 aromatic carbocycles. The van der Waals surface area contributed by atoms with Crippen LogP contribution in [0.25, 0.3) is 12.2 Å². The number of hydrogen-bond donors (Lipinski definition) is 3. The number of H-pyrrole nitrogens is 1. The van der Waals surface area contributed by atoms with Gasteiger partial charge in [-0.1, -0.05) is 36.4 Å². The van der Waals surface area contributed by atoms with E-state index in [1.54, 1.807) is 0 Å². The molecule has 0 atom stereocenters. The minimum Gasteiger partial charge on any atom is -0.393 e. The number of aromatic amines is 1. The summed E-state index contributed by atoms with van der Waals surface area (Å²) in [5, 5.41) is 10.4. The molecule has 0 aliphatic carbocycles. The number of nitrogens with two attached hydrogens (primary N) is 1. The predicted octanol–water partition coefficient (Wildman–Crippen LogP) is 3.60. The van der Waals surface area contributed by atoms with Gasteiger partial charge >= 0.3 is 0 Å². The molecule has 3 aromatic rings. The molecule has 0 amide bonds. The van der Waals surface area contributed by atoms with E-state index in [2.05, 4.69) is 25.4 Å². The second-order valence-corrected chi connectivity index (χ2v) is 6.67. The quantitative estimate of drug-likeness (QED) is 0.642. The smallest absolute Gasteiger partial charge is 0.161 e. The Balaban J connectivity index is 1.70. The number of anilines is 4. The summed E-state index contributed by atoms with van der Waals surface area (Å²) in [6, 6.07) is 12.0. The van der Waals surface area contributed by atoms with E-state index >= 15 is 0 Å². The van der Waals surface area contributed by atoms with Gasteiger partial charge in [-0.2, -0.15) is 5.10 Å². The Bertz CT molecular complexity index is 940. The summed E-state index contributed by atoms with van der Waals surface area (Å²) in [5.74, 6) is 2.66. The second-order valence-electron chi connectivity index (χ2n) is 6.67. The number of rotatable bonds is 5. The van der Waals surface area contributed by atoms with E-state index in [0.29, 0.717) is 23.1 Å². The van der Waals surface area contributed by atoms with E-state index in [4.69, 9.17) is 10.7 Å². The highest BCUT2D eigenvalue weighted by Crippen LogP contribution is 2.31. The lowest BCUT2D eigenvalue weighted by atomic mass is 10.2. The molecule has 4 N–H and O–H groups in total. The fourth-order valence-electron chi connectivity index (χ4n) is 3.15. The standard InChI is InChI=1S/C20H23N7/c1-14-13-17(26-25-14)23-19-18(21)20(27-11-5-6-12-27)24-16(22-19)10-9-15-7-3-2-4-8-15/h2-4,7-10,13H,5-6,11-12,21H2,1H3,(H2,22,23,24,25,26)/b10-9+. The van der Waals surface area contributed by atoms with Crippen LogP contribution in [0.15, 0.2) is 36.4 Å². The highest BCUT2D eigenvalue weighted by Gasteiger charge is 2.20. The summed E-state index contributed by atoms with van der Waals surface area (Å²) in [6.45, 7) is 3.87.